The zero-order chi connectivity index (χ0) is 9.68. The minimum Gasteiger partial charge on any atom is -0.465 e. The van der Waals surface area contributed by atoms with Crippen molar-refractivity contribution < 1.29 is 14.3 Å². The van der Waals surface area contributed by atoms with Gasteiger partial charge in [0, 0.05) is 6.04 Å². The molecule has 0 aromatic carbocycles. The fraction of sp³-hybridized carbons (Fsp3) is 0.889. The summed E-state index contributed by atoms with van der Waals surface area (Å²) >= 11 is 0. The molecule has 13 heavy (non-hydrogen) atoms. The molecule has 1 saturated heterocycles. The van der Waals surface area contributed by atoms with Gasteiger partial charge in [0.05, 0.1) is 25.7 Å². The molecule has 0 spiro atoms. The van der Waals surface area contributed by atoms with Gasteiger partial charge in [0.15, 0.2) is 0 Å². The maximum Gasteiger partial charge on any atom is 0.312 e. The Balaban J connectivity index is 2.36. The van der Waals surface area contributed by atoms with E-state index in [4.69, 9.17) is 9.47 Å². The summed E-state index contributed by atoms with van der Waals surface area (Å²) in [5.74, 6) is -0.268. The lowest BCUT2D eigenvalue weighted by Gasteiger charge is -2.14. The van der Waals surface area contributed by atoms with E-state index in [1.165, 1.54) is 0 Å². The molecule has 0 amide bonds. The highest BCUT2D eigenvalue weighted by molar-refractivity contribution is 5.73. The standard InChI is InChI=1S/C9H17NO3/c1-3-4-13-9(11)7-5-12-6-8(7)10-2/h7-8,10H,3-6H2,1-2H3. The number of hydrogen-bond acceptors (Lipinski definition) is 4. The lowest BCUT2D eigenvalue weighted by molar-refractivity contribution is -0.149. The van der Waals surface area contributed by atoms with E-state index in [0.717, 1.165) is 6.42 Å². The van der Waals surface area contributed by atoms with Crippen LogP contribution in [0, 0.1) is 5.92 Å². The Bertz CT molecular complexity index is 172. The van der Waals surface area contributed by atoms with Crippen LogP contribution < -0.4 is 5.32 Å². The largest absolute Gasteiger partial charge is 0.465 e. The van der Waals surface area contributed by atoms with Crippen molar-refractivity contribution in [3.05, 3.63) is 0 Å². The van der Waals surface area contributed by atoms with Gasteiger partial charge in [-0.05, 0) is 13.5 Å². The second kappa shape index (κ2) is 5.19. The third-order valence-corrected chi connectivity index (χ3v) is 2.20. The number of esters is 1. The summed E-state index contributed by atoms with van der Waals surface area (Å²) in [7, 11) is 1.83. The van der Waals surface area contributed by atoms with Crippen LogP contribution in [0.25, 0.3) is 0 Å². The van der Waals surface area contributed by atoms with Crippen LogP contribution in [0.1, 0.15) is 13.3 Å². The first kappa shape index (κ1) is 10.5. The van der Waals surface area contributed by atoms with E-state index in [2.05, 4.69) is 5.32 Å². The van der Waals surface area contributed by atoms with Crippen LogP contribution in [0.15, 0.2) is 0 Å². The first-order chi connectivity index (χ1) is 6.29. The Morgan fingerprint density at radius 1 is 1.62 bits per heavy atom. The number of rotatable bonds is 4. The van der Waals surface area contributed by atoms with E-state index in [-0.39, 0.29) is 17.9 Å². The van der Waals surface area contributed by atoms with Crippen molar-refractivity contribution in [1.82, 2.24) is 5.32 Å². The highest BCUT2D eigenvalue weighted by Gasteiger charge is 2.33. The molecule has 0 aromatic rings. The normalized spacial score (nSPS) is 27.5. The van der Waals surface area contributed by atoms with Crippen molar-refractivity contribution in [2.75, 3.05) is 26.9 Å². The monoisotopic (exact) mass is 187 g/mol. The topological polar surface area (TPSA) is 47.6 Å². The maximum atomic E-state index is 11.4. The molecule has 0 saturated carbocycles. The molecule has 0 aliphatic carbocycles. The van der Waals surface area contributed by atoms with Crippen LogP contribution in [-0.2, 0) is 14.3 Å². The van der Waals surface area contributed by atoms with Gasteiger partial charge in [-0.25, -0.2) is 0 Å². The molecule has 2 unspecified atom stereocenters. The molecule has 4 nitrogen and oxygen atoms in total. The summed E-state index contributed by atoms with van der Waals surface area (Å²) in [6.45, 7) is 3.57. The van der Waals surface area contributed by atoms with Crippen molar-refractivity contribution in [3.8, 4) is 0 Å². The van der Waals surface area contributed by atoms with Gasteiger partial charge in [0.1, 0.15) is 0 Å². The minimum absolute atomic E-state index is 0.115. The van der Waals surface area contributed by atoms with E-state index >= 15 is 0 Å². The number of carbonyl (C=O) groups excluding carboxylic acids is 1. The van der Waals surface area contributed by atoms with Crippen molar-refractivity contribution in [2.45, 2.75) is 19.4 Å². The van der Waals surface area contributed by atoms with Gasteiger partial charge in [0.2, 0.25) is 0 Å². The molecular formula is C9H17NO3. The third kappa shape index (κ3) is 2.67. The Labute approximate surface area is 78.6 Å². The number of hydrogen-bond donors (Lipinski definition) is 1. The number of carbonyl (C=O) groups is 1. The smallest absolute Gasteiger partial charge is 0.312 e. The second-order valence-corrected chi connectivity index (χ2v) is 3.21. The van der Waals surface area contributed by atoms with Gasteiger partial charge in [-0.3, -0.25) is 4.79 Å². The number of ether oxygens (including phenoxy) is 2. The highest BCUT2D eigenvalue weighted by Crippen LogP contribution is 2.14. The molecule has 0 aromatic heterocycles. The van der Waals surface area contributed by atoms with E-state index < -0.39 is 0 Å². The zero-order valence-electron chi connectivity index (χ0n) is 8.21. The van der Waals surface area contributed by atoms with Crippen molar-refractivity contribution in [3.63, 3.8) is 0 Å². The van der Waals surface area contributed by atoms with Crippen LogP contribution in [-0.4, -0.2) is 38.9 Å². The van der Waals surface area contributed by atoms with Gasteiger partial charge in [-0.2, -0.15) is 0 Å². The molecule has 1 aliphatic rings. The van der Waals surface area contributed by atoms with E-state index in [9.17, 15) is 4.79 Å². The molecule has 1 N–H and O–H groups in total. The molecule has 1 fully saturated rings. The van der Waals surface area contributed by atoms with Crippen LogP contribution >= 0.6 is 0 Å². The first-order valence-electron chi connectivity index (χ1n) is 4.71. The van der Waals surface area contributed by atoms with Crippen molar-refractivity contribution in [1.29, 1.82) is 0 Å². The second-order valence-electron chi connectivity index (χ2n) is 3.21. The summed E-state index contributed by atoms with van der Waals surface area (Å²) in [5, 5.41) is 3.05. The van der Waals surface area contributed by atoms with Crippen LogP contribution in [0.5, 0.6) is 0 Å². The number of nitrogens with one attached hydrogen (secondary N) is 1. The maximum absolute atomic E-state index is 11.4. The molecule has 1 aliphatic heterocycles. The molecule has 1 heterocycles. The molecule has 76 valence electrons. The highest BCUT2D eigenvalue weighted by atomic mass is 16.5. The van der Waals surface area contributed by atoms with Crippen LogP contribution in [0.2, 0.25) is 0 Å². The lowest BCUT2D eigenvalue weighted by Crippen LogP contribution is -2.37. The van der Waals surface area contributed by atoms with E-state index in [1.54, 1.807) is 0 Å². The molecular weight excluding hydrogens is 170 g/mol. The SMILES string of the molecule is CCCOC(=O)C1COCC1NC. The molecule has 0 radical (unpaired) electrons. The first-order valence-corrected chi connectivity index (χ1v) is 4.71. The van der Waals surface area contributed by atoms with Crippen molar-refractivity contribution in [2.24, 2.45) is 5.92 Å². The van der Waals surface area contributed by atoms with Gasteiger partial charge in [-0.15, -0.1) is 0 Å². The Hall–Kier alpha value is -0.610. The van der Waals surface area contributed by atoms with Crippen LogP contribution in [0.4, 0.5) is 0 Å². The van der Waals surface area contributed by atoms with E-state index in [0.29, 0.717) is 19.8 Å². The summed E-state index contributed by atoms with van der Waals surface area (Å²) in [6.07, 6.45) is 0.865. The molecule has 0 bridgehead atoms. The number of likely N-dealkylation sites (N-methyl/N-ethyl adjacent to an activating group) is 1. The average Bonchev–Trinajstić information content (AvgIpc) is 2.61. The average molecular weight is 187 g/mol. The predicted octanol–water partition coefficient (Wildman–Crippen LogP) is 0.174. The Morgan fingerprint density at radius 2 is 2.38 bits per heavy atom. The predicted molar refractivity (Wildman–Crippen MR) is 48.4 cm³/mol. The quantitative estimate of drug-likeness (QED) is 0.637. The summed E-state index contributed by atoms with van der Waals surface area (Å²) < 4.78 is 10.2. The zero-order valence-corrected chi connectivity index (χ0v) is 8.21. The molecule has 1 rings (SSSR count). The summed E-state index contributed by atoms with van der Waals surface area (Å²) in [6, 6.07) is 0.115. The summed E-state index contributed by atoms with van der Waals surface area (Å²) in [4.78, 5) is 11.4. The van der Waals surface area contributed by atoms with Crippen molar-refractivity contribution >= 4 is 5.97 Å². The fourth-order valence-corrected chi connectivity index (χ4v) is 1.38. The van der Waals surface area contributed by atoms with Gasteiger partial charge < -0.3 is 14.8 Å². The minimum atomic E-state index is -0.140. The lowest BCUT2D eigenvalue weighted by atomic mass is 10.0. The fourth-order valence-electron chi connectivity index (χ4n) is 1.38. The van der Waals surface area contributed by atoms with Gasteiger partial charge >= 0.3 is 5.97 Å². The third-order valence-electron chi connectivity index (χ3n) is 2.20. The molecule has 2 atom stereocenters. The van der Waals surface area contributed by atoms with E-state index in [1.807, 2.05) is 14.0 Å². The Morgan fingerprint density at radius 3 is 3.00 bits per heavy atom. The van der Waals surface area contributed by atoms with Gasteiger partial charge in [-0.1, -0.05) is 6.92 Å². The Kier molecular flexibility index (Phi) is 4.18. The van der Waals surface area contributed by atoms with Crippen LogP contribution in [0.3, 0.4) is 0 Å². The molecule has 4 heteroatoms. The summed E-state index contributed by atoms with van der Waals surface area (Å²) in [5.41, 5.74) is 0. The van der Waals surface area contributed by atoms with Gasteiger partial charge in [0.25, 0.3) is 0 Å².